The van der Waals surface area contributed by atoms with Crippen LogP contribution in [0.1, 0.15) is 13.8 Å². The third kappa shape index (κ3) is 2.40. The second-order valence-corrected chi connectivity index (χ2v) is 4.63. The van der Waals surface area contributed by atoms with E-state index in [2.05, 4.69) is 47.4 Å². The molecule has 0 amide bonds. The molecule has 2 nitrogen and oxygen atoms in total. The van der Waals surface area contributed by atoms with Gasteiger partial charge in [-0.2, -0.15) is 0 Å². The monoisotopic (exact) mass is 274 g/mol. The molecule has 2 aromatic carbocycles. The minimum absolute atomic E-state index is 0.947. The van der Waals surface area contributed by atoms with Crippen LogP contribution >= 0.6 is 0 Å². The summed E-state index contributed by atoms with van der Waals surface area (Å²) in [4.78, 5) is 8.10. The van der Waals surface area contributed by atoms with E-state index in [1.54, 1.807) is 0 Å². The van der Waals surface area contributed by atoms with Crippen LogP contribution in [-0.2, 0) is 0 Å². The number of hydrogen-bond donors (Lipinski definition) is 1. The lowest BCUT2D eigenvalue weighted by atomic mass is 10.1. The molecule has 1 N–H and O–H groups in total. The van der Waals surface area contributed by atoms with Gasteiger partial charge in [0, 0.05) is 21.9 Å². The molecule has 0 aliphatic carbocycles. The summed E-state index contributed by atoms with van der Waals surface area (Å²) < 4.78 is 0. The smallest absolute Gasteiger partial charge is 0.139 e. The third-order valence-electron chi connectivity index (χ3n) is 3.44. The Morgan fingerprint density at radius 3 is 2.24 bits per heavy atom. The van der Waals surface area contributed by atoms with Crippen molar-refractivity contribution >= 4 is 21.9 Å². The summed E-state index contributed by atoms with van der Waals surface area (Å²) in [6.45, 7) is 4.00. The fourth-order valence-corrected chi connectivity index (χ4v) is 2.50. The van der Waals surface area contributed by atoms with Crippen LogP contribution in [0.4, 0.5) is 0 Å². The number of H-pyrrole nitrogens is 1. The predicted octanol–water partition coefficient (Wildman–Crippen LogP) is 5.41. The number of benzene rings is 2. The molecule has 4 aromatic rings. The molecule has 0 bridgehead atoms. The first-order valence-corrected chi connectivity index (χ1v) is 7.35. The summed E-state index contributed by atoms with van der Waals surface area (Å²) in [6, 6.07) is 22.8. The maximum atomic E-state index is 4.73. The van der Waals surface area contributed by atoms with E-state index >= 15 is 0 Å². The molecule has 0 unspecified atom stereocenters. The van der Waals surface area contributed by atoms with Crippen LogP contribution in [0.3, 0.4) is 0 Å². The number of fused-ring (bicyclic) bond motifs is 3. The van der Waals surface area contributed by atoms with Crippen molar-refractivity contribution in [3.8, 4) is 11.3 Å². The normalized spacial score (nSPS) is 10.4. The quantitative estimate of drug-likeness (QED) is 0.494. The number of rotatable bonds is 1. The van der Waals surface area contributed by atoms with Gasteiger partial charge in [0.25, 0.3) is 0 Å². The van der Waals surface area contributed by atoms with Crippen molar-refractivity contribution in [1.29, 1.82) is 0 Å². The standard InChI is InChI=1S/C17H12N2.C2H6/c1-2-6-12(7-3-1)15-11-10-14-13-8-4-5-9-16(13)19-17(14)18-15;1-2/h1-11H,(H,18,19);1-2H3. The number of hydrogen-bond acceptors (Lipinski definition) is 1. The summed E-state index contributed by atoms with van der Waals surface area (Å²) >= 11 is 0. The summed E-state index contributed by atoms with van der Waals surface area (Å²) in [5.41, 5.74) is 4.22. The number of nitrogens with one attached hydrogen (secondary N) is 1. The van der Waals surface area contributed by atoms with Gasteiger partial charge in [0.1, 0.15) is 5.65 Å². The minimum Gasteiger partial charge on any atom is -0.339 e. The highest BCUT2D eigenvalue weighted by atomic mass is 14.9. The maximum Gasteiger partial charge on any atom is 0.139 e. The molecule has 2 aromatic heterocycles. The lowest BCUT2D eigenvalue weighted by molar-refractivity contribution is 1.34. The molecule has 4 rings (SSSR count). The van der Waals surface area contributed by atoms with Crippen LogP contribution < -0.4 is 0 Å². The topological polar surface area (TPSA) is 28.7 Å². The van der Waals surface area contributed by atoms with Gasteiger partial charge in [-0.3, -0.25) is 0 Å². The van der Waals surface area contributed by atoms with Crippen LogP contribution in [0.15, 0.2) is 66.7 Å². The Hall–Kier alpha value is -2.61. The number of aromatic amines is 1. The molecule has 0 spiro atoms. The second-order valence-electron chi connectivity index (χ2n) is 4.63. The van der Waals surface area contributed by atoms with Crippen molar-refractivity contribution < 1.29 is 0 Å². The number of nitrogens with zero attached hydrogens (tertiary/aromatic N) is 1. The summed E-state index contributed by atoms with van der Waals surface area (Å²) in [5.74, 6) is 0. The molecule has 2 heterocycles. The van der Waals surface area contributed by atoms with E-state index in [9.17, 15) is 0 Å². The predicted molar refractivity (Wildman–Crippen MR) is 90.4 cm³/mol. The van der Waals surface area contributed by atoms with Crippen molar-refractivity contribution in [2.45, 2.75) is 13.8 Å². The molecule has 0 aliphatic heterocycles. The Labute approximate surface area is 124 Å². The SMILES string of the molecule is CC.c1ccc(-c2ccc3c(n2)[nH]c2ccccc23)cc1. The van der Waals surface area contributed by atoms with Crippen LogP contribution in [-0.4, -0.2) is 9.97 Å². The molecule has 104 valence electrons. The molecule has 0 aliphatic rings. The highest BCUT2D eigenvalue weighted by Crippen LogP contribution is 2.26. The van der Waals surface area contributed by atoms with Gasteiger partial charge in [0.05, 0.1) is 5.69 Å². The Morgan fingerprint density at radius 2 is 1.43 bits per heavy atom. The molecule has 0 radical (unpaired) electrons. The average molecular weight is 274 g/mol. The zero-order valence-electron chi connectivity index (χ0n) is 12.3. The molecule has 0 atom stereocenters. The van der Waals surface area contributed by atoms with E-state index in [0.717, 1.165) is 22.4 Å². The Morgan fingerprint density at radius 1 is 0.714 bits per heavy atom. The van der Waals surface area contributed by atoms with Gasteiger partial charge in [-0.1, -0.05) is 62.4 Å². The van der Waals surface area contributed by atoms with Gasteiger partial charge in [-0.25, -0.2) is 4.98 Å². The van der Waals surface area contributed by atoms with E-state index in [4.69, 9.17) is 4.98 Å². The number of aromatic nitrogens is 2. The molecule has 0 saturated heterocycles. The molecule has 0 saturated carbocycles. The van der Waals surface area contributed by atoms with E-state index in [-0.39, 0.29) is 0 Å². The highest BCUT2D eigenvalue weighted by molar-refractivity contribution is 6.06. The van der Waals surface area contributed by atoms with E-state index in [1.807, 2.05) is 38.1 Å². The molecule has 21 heavy (non-hydrogen) atoms. The summed E-state index contributed by atoms with van der Waals surface area (Å²) in [7, 11) is 0. The maximum absolute atomic E-state index is 4.73. The lowest BCUT2D eigenvalue weighted by Gasteiger charge is -2.00. The first-order chi connectivity index (χ1) is 10.4. The summed E-state index contributed by atoms with van der Waals surface area (Å²) in [6.07, 6.45) is 0. The lowest BCUT2D eigenvalue weighted by Crippen LogP contribution is -1.83. The van der Waals surface area contributed by atoms with Gasteiger partial charge in [0.2, 0.25) is 0 Å². The van der Waals surface area contributed by atoms with Crippen molar-refractivity contribution in [3.63, 3.8) is 0 Å². The van der Waals surface area contributed by atoms with Crippen LogP contribution in [0, 0.1) is 0 Å². The molecule has 2 heteroatoms. The number of para-hydroxylation sites is 1. The largest absolute Gasteiger partial charge is 0.339 e. The second kappa shape index (κ2) is 5.80. The fraction of sp³-hybridized carbons (Fsp3) is 0.105. The van der Waals surface area contributed by atoms with Crippen LogP contribution in [0.2, 0.25) is 0 Å². The van der Waals surface area contributed by atoms with Gasteiger partial charge in [-0.15, -0.1) is 0 Å². The first kappa shape index (κ1) is 13.4. The van der Waals surface area contributed by atoms with Gasteiger partial charge in [-0.05, 0) is 18.2 Å². The van der Waals surface area contributed by atoms with Crippen LogP contribution in [0.25, 0.3) is 33.2 Å². The number of pyridine rings is 1. The Kier molecular flexibility index (Phi) is 3.69. The van der Waals surface area contributed by atoms with Crippen molar-refractivity contribution in [1.82, 2.24) is 9.97 Å². The minimum atomic E-state index is 0.947. The summed E-state index contributed by atoms with van der Waals surface area (Å²) in [5, 5.41) is 2.40. The van der Waals surface area contributed by atoms with E-state index < -0.39 is 0 Å². The van der Waals surface area contributed by atoms with Crippen molar-refractivity contribution in [2.75, 3.05) is 0 Å². The van der Waals surface area contributed by atoms with E-state index in [1.165, 1.54) is 10.8 Å². The molecular weight excluding hydrogens is 256 g/mol. The van der Waals surface area contributed by atoms with Gasteiger partial charge < -0.3 is 4.98 Å². The zero-order valence-corrected chi connectivity index (χ0v) is 12.3. The Bertz CT molecular complexity index is 860. The highest BCUT2D eigenvalue weighted by Gasteiger charge is 2.06. The average Bonchev–Trinajstić information content (AvgIpc) is 2.95. The van der Waals surface area contributed by atoms with Gasteiger partial charge >= 0.3 is 0 Å². The molecular formula is C19H18N2. The van der Waals surface area contributed by atoms with E-state index in [0.29, 0.717) is 0 Å². The first-order valence-electron chi connectivity index (χ1n) is 7.35. The van der Waals surface area contributed by atoms with Crippen LogP contribution in [0.5, 0.6) is 0 Å². The van der Waals surface area contributed by atoms with Crippen molar-refractivity contribution in [3.05, 3.63) is 66.7 Å². The van der Waals surface area contributed by atoms with Gasteiger partial charge in [0.15, 0.2) is 0 Å². The van der Waals surface area contributed by atoms with Crippen molar-refractivity contribution in [2.24, 2.45) is 0 Å². The molecule has 0 fully saturated rings. The zero-order chi connectivity index (χ0) is 14.7. The Balaban J connectivity index is 0.000000636. The third-order valence-corrected chi connectivity index (χ3v) is 3.44. The fourth-order valence-electron chi connectivity index (χ4n) is 2.50.